The van der Waals surface area contributed by atoms with E-state index < -0.39 is 5.97 Å². The summed E-state index contributed by atoms with van der Waals surface area (Å²) in [4.78, 5) is 39.7. The van der Waals surface area contributed by atoms with E-state index in [1.54, 1.807) is 24.4 Å². The van der Waals surface area contributed by atoms with Crippen LogP contribution in [0, 0.1) is 0 Å². The Hall–Kier alpha value is -2.67. The van der Waals surface area contributed by atoms with Crippen molar-refractivity contribution in [2.24, 2.45) is 0 Å². The fourth-order valence-electron chi connectivity index (χ4n) is 2.48. The second-order valence-electron chi connectivity index (χ2n) is 4.87. The number of thioether (sulfide) groups is 1. The maximum Gasteiger partial charge on any atom is 0.352 e. The zero-order chi connectivity index (χ0) is 16.4. The number of amides is 1. The van der Waals surface area contributed by atoms with E-state index in [0.29, 0.717) is 28.9 Å². The molecule has 3 heterocycles. The summed E-state index contributed by atoms with van der Waals surface area (Å²) in [6.45, 7) is 0. The Bertz CT molecular complexity index is 768. The van der Waals surface area contributed by atoms with Gasteiger partial charge in [0.15, 0.2) is 0 Å². The van der Waals surface area contributed by atoms with Crippen molar-refractivity contribution in [1.82, 2.24) is 9.88 Å². The van der Waals surface area contributed by atoms with Crippen molar-refractivity contribution in [1.29, 1.82) is 0 Å². The number of fused-ring (bicyclic) bond motifs is 1. The van der Waals surface area contributed by atoms with Crippen molar-refractivity contribution in [3.63, 3.8) is 0 Å². The fourth-order valence-corrected chi connectivity index (χ4v) is 3.74. The van der Waals surface area contributed by atoms with Crippen LogP contribution < -0.4 is 0 Å². The Labute approximate surface area is 136 Å². The molecule has 0 saturated carbocycles. The van der Waals surface area contributed by atoms with E-state index in [9.17, 15) is 19.5 Å². The first kappa shape index (κ1) is 15.2. The summed E-state index contributed by atoms with van der Waals surface area (Å²) < 4.78 is 0. The van der Waals surface area contributed by atoms with Gasteiger partial charge in [-0.3, -0.25) is 19.5 Å². The molecule has 1 atom stereocenters. The zero-order valence-corrected chi connectivity index (χ0v) is 12.7. The summed E-state index contributed by atoms with van der Waals surface area (Å²) in [6, 6.07) is 5.38. The third-order valence-electron chi connectivity index (χ3n) is 3.48. The summed E-state index contributed by atoms with van der Waals surface area (Å²) in [5.41, 5.74) is 1.58. The summed E-state index contributed by atoms with van der Waals surface area (Å²) in [5, 5.41) is 9.08. The molecular formula is C16H12N2O4S. The Balaban J connectivity index is 1.95. The van der Waals surface area contributed by atoms with Crippen LogP contribution >= 0.6 is 11.8 Å². The molecule has 23 heavy (non-hydrogen) atoms. The van der Waals surface area contributed by atoms with Crippen molar-refractivity contribution >= 4 is 36.0 Å². The molecule has 0 aromatic carbocycles. The normalized spacial score (nSPS) is 22.3. The largest absolute Gasteiger partial charge is 0.477 e. The Kier molecular flexibility index (Phi) is 4.12. The third-order valence-corrected chi connectivity index (χ3v) is 4.74. The number of hydrogen-bond donors (Lipinski definition) is 1. The molecule has 0 spiro atoms. The second-order valence-corrected chi connectivity index (χ2v) is 5.94. The fraction of sp³-hybridized carbons (Fsp3) is 0.125. The lowest BCUT2D eigenvalue weighted by Crippen LogP contribution is -2.56. The van der Waals surface area contributed by atoms with Gasteiger partial charge in [-0.15, -0.1) is 11.8 Å². The summed E-state index contributed by atoms with van der Waals surface area (Å²) in [6.07, 6.45) is 6.56. The van der Waals surface area contributed by atoms with Crippen LogP contribution in [-0.2, 0) is 14.4 Å². The van der Waals surface area contributed by atoms with Gasteiger partial charge in [-0.25, -0.2) is 4.79 Å². The highest BCUT2D eigenvalue weighted by Crippen LogP contribution is 2.44. The number of pyridine rings is 1. The quantitative estimate of drug-likeness (QED) is 0.512. The molecule has 3 rings (SSSR count). The third kappa shape index (κ3) is 2.70. The topological polar surface area (TPSA) is 87.6 Å². The van der Waals surface area contributed by atoms with Gasteiger partial charge in [0.05, 0.1) is 11.3 Å². The number of allylic oxidation sites excluding steroid dienone is 2. The first-order chi connectivity index (χ1) is 11.1. The summed E-state index contributed by atoms with van der Waals surface area (Å²) in [7, 11) is 0. The molecular weight excluding hydrogens is 316 g/mol. The molecule has 6 nitrogen and oxygen atoms in total. The Morgan fingerprint density at radius 1 is 1.43 bits per heavy atom. The van der Waals surface area contributed by atoms with E-state index in [1.807, 2.05) is 6.07 Å². The molecule has 2 aliphatic rings. The smallest absolute Gasteiger partial charge is 0.352 e. The maximum absolute atomic E-state index is 12.4. The van der Waals surface area contributed by atoms with E-state index in [4.69, 9.17) is 0 Å². The summed E-state index contributed by atoms with van der Waals surface area (Å²) >= 11 is 1.44. The predicted octanol–water partition coefficient (Wildman–Crippen LogP) is 1.47. The van der Waals surface area contributed by atoms with Gasteiger partial charge in [-0.1, -0.05) is 12.1 Å². The highest BCUT2D eigenvalue weighted by atomic mass is 32.2. The molecule has 1 aromatic rings. The standard InChI is InChI=1S/C16H12N2O4S/c19-7-3-4-10-9-23-15-12(8-11-5-1-2-6-17-11)14(20)18(15)13(10)16(21)22/h1-8,15H,9H2,(H,21,22)/b4-3-,12-8-/t15-/m1/s1. The molecule has 1 N–H and O–H groups in total. The summed E-state index contributed by atoms with van der Waals surface area (Å²) in [5.74, 6) is -1.10. The number of β-lactam (4-membered cyclic amide) rings is 1. The van der Waals surface area contributed by atoms with E-state index in [-0.39, 0.29) is 17.0 Å². The minimum Gasteiger partial charge on any atom is -0.477 e. The molecule has 7 heteroatoms. The van der Waals surface area contributed by atoms with Gasteiger partial charge in [-0.05, 0) is 29.9 Å². The second kappa shape index (κ2) is 6.21. The van der Waals surface area contributed by atoms with Crippen LogP contribution in [0.4, 0.5) is 0 Å². The average molecular weight is 328 g/mol. The number of aldehydes is 1. The number of nitrogens with zero attached hydrogens (tertiary/aromatic N) is 2. The first-order valence-electron chi connectivity index (χ1n) is 6.79. The predicted molar refractivity (Wildman–Crippen MR) is 85.2 cm³/mol. The van der Waals surface area contributed by atoms with Crippen LogP contribution in [0.1, 0.15) is 5.69 Å². The van der Waals surface area contributed by atoms with E-state index in [0.717, 1.165) is 0 Å². The van der Waals surface area contributed by atoms with Crippen molar-refractivity contribution in [3.8, 4) is 0 Å². The van der Waals surface area contributed by atoms with Gasteiger partial charge in [0.1, 0.15) is 17.4 Å². The van der Waals surface area contributed by atoms with Gasteiger partial charge in [0, 0.05) is 11.9 Å². The van der Waals surface area contributed by atoms with Crippen molar-refractivity contribution in [2.45, 2.75) is 5.37 Å². The highest BCUT2D eigenvalue weighted by Gasteiger charge is 2.49. The minimum atomic E-state index is -1.17. The molecule has 1 aromatic heterocycles. The Morgan fingerprint density at radius 3 is 2.91 bits per heavy atom. The van der Waals surface area contributed by atoms with Gasteiger partial charge in [0.2, 0.25) is 0 Å². The number of rotatable bonds is 4. The van der Waals surface area contributed by atoms with Crippen LogP contribution in [0.5, 0.6) is 0 Å². The molecule has 0 aliphatic carbocycles. The number of carbonyl (C=O) groups excluding carboxylic acids is 2. The van der Waals surface area contributed by atoms with E-state index >= 15 is 0 Å². The molecule has 0 radical (unpaired) electrons. The number of carbonyl (C=O) groups is 3. The highest BCUT2D eigenvalue weighted by molar-refractivity contribution is 8.00. The lowest BCUT2D eigenvalue weighted by molar-refractivity contribution is -0.141. The monoisotopic (exact) mass is 328 g/mol. The van der Waals surface area contributed by atoms with E-state index in [1.165, 1.54) is 28.8 Å². The number of aliphatic carboxylic acids is 1. The van der Waals surface area contributed by atoms with Gasteiger partial charge in [0.25, 0.3) is 5.91 Å². The van der Waals surface area contributed by atoms with Gasteiger partial charge in [-0.2, -0.15) is 0 Å². The molecule has 2 aliphatic heterocycles. The maximum atomic E-state index is 12.4. The van der Waals surface area contributed by atoms with Crippen LogP contribution in [0.3, 0.4) is 0 Å². The molecule has 1 saturated heterocycles. The molecule has 116 valence electrons. The minimum absolute atomic E-state index is 0.0602. The number of carboxylic acids is 1. The van der Waals surface area contributed by atoms with Crippen LogP contribution in [0.15, 0.2) is 53.4 Å². The van der Waals surface area contributed by atoms with E-state index in [2.05, 4.69) is 4.98 Å². The Morgan fingerprint density at radius 2 is 2.26 bits per heavy atom. The van der Waals surface area contributed by atoms with Crippen LogP contribution in [0.25, 0.3) is 6.08 Å². The zero-order valence-electron chi connectivity index (χ0n) is 11.9. The number of carboxylic acid groups (broad SMARTS) is 1. The SMILES string of the molecule is O=C/C=C\C1=C(C(=O)O)N2C(=O)/C(=C/c3ccccn3)[C@H]2SC1. The van der Waals surface area contributed by atoms with Crippen molar-refractivity contribution < 1.29 is 19.5 Å². The van der Waals surface area contributed by atoms with Gasteiger partial charge < -0.3 is 5.11 Å². The molecule has 0 bridgehead atoms. The van der Waals surface area contributed by atoms with Gasteiger partial charge >= 0.3 is 5.97 Å². The van der Waals surface area contributed by atoms with Crippen LogP contribution in [-0.4, -0.2) is 44.3 Å². The molecule has 1 fully saturated rings. The average Bonchev–Trinajstić information content (AvgIpc) is 2.57. The molecule has 1 amide bonds. The lowest BCUT2D eigenvalue weighted by Gasteiger charge is -2.45. The number of hydrogen-bond acceptors (Lipinski definition) is 5. The lowest BCUT2D eigenvalue weighted by atomic mass is 10.0. The first-order valence-corrected chi connectivity index (χ1v) is 7.84. The molecule has 0 unspecified atom stereocenters. The van der Waals surface area contributed by atoms with Crippen molar-refractivity contribution in [2.75, 3.05) is 5.75 Å². The number of aromatic nitrogens is 1. The van der Waals surface area contributed by atoms with Crippen LogP contribution in [0.2, 0.25) is 0 Å². The van der Waals surface area contributed by atoms with Crippen molar-refractivity contribution in [3.05, 3.63) is 59.1 Å².